The highest BCUT2D eigenvalue weighted by atomic mass is 19.3. The Balaban J connectivity index is 1.71. The third-order valence-electron chi connectivity index (χ3n) is 5.89. The van der Waals surface area contributed by atoms with Crippen molar-refractivity contribution in [3.8, 4) is 5.82 Å². The quantitative estimate of drug-likeness (QED) is 0.583. The second kappa shape index (κ2) is 7.34. The summed E-state index contributed by atoms with van der Waals surface area (Å²) in [6.07, 6.45) is 0. The van der Waals surface area contributed by atoms with Gasteiger partial charge in [0.05, 0.1) is 6.54 Å². The molecule has 0 amide bonds. The average molecular weight is 413 g/mol. The van der Waals surface area contributed by atoms with Gasteiger partial charge in [-0.2, -0.15) is 5.10 Å². The first-order valence-electron chi connectivity index (χ1n) is 10.5. The van der Waals surface area contributed by atoms with Crippen LogP contribution in [0.15, 0.2) is 48.5 Å². The lowest BCUT2D eigenvalue weighted by atomic mass is 9.91. The molecule has 2 aromatic heterocycles. The molecule has 0 aliphatic carbocycles. The fraction of sp³-hybridized carbons (Fsp3) is 0.458. The van der Waals surface area contributed by atoms with Crippen molar-refractivity contribution >= 4 is 0 Å². The lowest BCUT2D eigenvalue weighted by molar-refractivity contribution is -0.0267. The summed E-state index contributed by atoms with van der Waals surface area (Å²) in [5, 5.41) is 4.73. The molecule has 0 spiro atoms. The molecule has 6 heteroatoms. The zero-order valence-corrected chi connectivity index (χ0v) is 18.4. The Morgan fingerprint density at radius 2 is 1.67 bits per heavy atom. The number of aromatic nitrogens is 3. The van der Waals surface area contributed by atoms with Gasteiger partial charge in [-0.3, -0.25) is 9.58 Å². The molecule has 3 heterocycles. The summed E-state index contributed by atoms with van der Waals surface area (Å²) in [5.74, 6) is -2.14. The van der Waals surface area contributed by atoms with Crippen molar-refractivity contribution in [2.24, 2.45) is 0 Å². The molecule has 3 aromatic rings. The van der Waals surface area contributed by atoms with Crippen molar-refractivity contribution in [3.63, 3.8) is 0 Å². The Morgan fingerprint density at radius 3 is 2.27 bits per heavy atom. The second-order valence-electron chi connectivity index (χ2n) is 9.47. The van der Waals surface area contributed by atoms with Gasteiger partial charge in [0.1, 0.15) is 6.04 Å². The first-order chi connectivity index (χ1) is 14.1. The highest BCUT2D eigenvalue weighted by molar-refractivity contribution is 5.35. The molecule has 4 nitrogen and oxygen atoms in total. The van der Waals surface area contributed by atoms with Crippen LogP contribution in [0.2, 0.25) is 0 Å². The maximum Gasteiger partial charge on any atom is 0.283 e. The van der Waals surface area contributed by atoms with Crippen LogP contribution in [0.3, 0.4) is 0 Å². The van der Waals surface area contributed by atoms with Crippen molar-refractivity contribution in [2.75, 3.05) is 13.1 Å². The lowest BCUT2D eigenvalue weighted by Gasteiger charge is -2.26. The van der Waals surface area contributed by atoms with Crippen LogP contribution in [-0.4, -0.2) is 38.3 Å². The number of likely N-dealkylation sites (tertiary alicyclic amines) is 1. The van der Waals surface area contributed by atoms with Crippen LogP contribution >= 0.6 is 0 Å². The zero-order chi connectivity index (χ0) is 21.7. The van der Waals surface area contributed by atoms with Gasteiger partial charge in [-0.1, -0.05) is 51.1 Å². The van der Waals surface area contributed by atoms with Gasteiger partial charge in [0.2, 0.25) is 0 Å². The van der Waals surface area contributed by atoms with E-state index in [0.29, 0.717) is 12.4 Å². The smallest absolute Gasteiger partial charge is 0.283 e. The highest BCUT2D eigenvalue weighted by Crippen LogP contribution is 2.40. The van der Waals surface area contributed by atoms with E-state index < -0.39 is 12.0 Å². The Bertz CT molecular complexity index is 1010. The van der Waals surface area contributed by atoms with E-state index in [1.54, 1.807) is 4.68 Å². The van der Waals surface area contributed by atoms with Gasteiger partial charge in [-0.15, -0.1) is 0 Å². The summed E-state index contributed by atoms with van der Waals surface area (Å²) in [5.41, 5.74) is 3.66. The third kappa shape index (κ3) is 3.81. The van der Waals surface area contributed by atoms with E-state index in [1.165, 1.54) is 0 Å². The van der Waals surface area contributed by atoms with Crippen molar-refractivity contribution in [1.82, 2.24) is 19.2 Å². The minimum atomic E-state index is -2.85. The van der Waals surface area contributed by atoms with E-state index in [-0.39, 0.29) is 18.5 Å². The van der Waals surface area contributed by atoms with Gasteiger partial charge < -0.3 is 4.57 Å². The van der Waals surface area contributed by atoms with E-state index in [4.69, 9.17) is 5.10 Å². The highest BCUT2D eigenvalue weighted by Gasteiger charge is 2.50. The van der Waals surface area contributed by atoms with Crippen LogP contribution < -0.4 is 0 Å². The van der Waals surface area contributed by atoms with E-state index in [1.807, 2.05) is 71.8 Å². The van der Waals surface area contributed by atoms with E-state index in [2.05, 4.69) is 20.8 Å². The molecule has 1 aliphatic rings. The molecule has 160 valence electrons. The van der Waals surface area contributed by atoms with Gasteiger partial charge >= 0.3 is 0 Å². The molecule has 30 heavy (non-hydrogen) atoms. The van der Waals surface area contributed by atoms with Crippen LogP contribution in [0.5, 0.6) is 0 Å². The molecule has 1 aliphatic heterocycles. The molecule has 1 atom stereocenters. The largest absolute Gasteiger partial charge is 0.302 e. The number of hydrogen-bond donors (Lipinski definition) is 0. The fourth-order valence-corrected chi connectivity index (χ4v) is 4.38. The lowest BCUT2D eigenvalue weighted by Crippen LogP contribution is -2.33. The Kier molecular flexibility index (Phi) is 5.09. The molecular weight excluding hydrogens is 382 g/mol. The number of rotatable bonds is 4. The number of halogens is 2. The molecule has 0 bridgehead atoms. The standard InChI is InChI=1S/C24H30F2N4/c1-17-11-12-18(2)29(17)22-13-20(23(3,4)5)30(27-22)21-15-28(16-24(21,25)26)14-19-9-7-6-8-10-19/h6-13,21H,14-16H2,1-5H3. The molecule has 1 fully saturated rings. The third-order valence-corrected chi connectivity index (χ3v) is 5.89. The van der Waals surface area contributed by atoms with E-state index in [9.17, 15) is 0 Å². The summed E-state index contributed by atoms with van der Waals surface area (Å²) >= 11 is 0. The van der Waals surface area contributed by atoms with Gasteiger partial charge in [0, 0.05) is 41.7 Å². The zero-order valence-electron chi connectivity index (χ0n) is 18.4. The summed E-state index contributed by atoms with van der Waals surface area (Å²) < 4.78 is 34.1. The van der Waals surface area contributed by atoms with Crippen molar-refractivity contribution < 1.29 is 8.78 Å². The molecule has 1 saturated heterocycles. The molecule has 0 radical (unpaired) electrons. The predicted octanol–water partition coefficient (Wildman–Crippen LogP) is 5.28. The van der Waals surface area contributed by atoms with E-state index >= 15 is 8.78 Å². The van der Waals surface area contributed by atoms with Gasteiger partial charge in [0.25, 0.3) is 5.92 Å². The Hall–Kier alpha value is -2.47. The van der Waals surface area contributed by atoms with E-state index in [0.717, 1.165) is 22.6 Å². The molecule has 1 aromatic carbocycles. The Labute approximate surface area is 177 Å². The molecular formula is C24H30F2N4. The second-order valence-corrected chi connectivity index (χ2v) is 9.47. The van der Waals surface area contributed by atoms with Gasteiger partial charge in [-0.05, 0) is 31.5 Å². The first kappa shape index (κ1) is 20.8. The minimum absolute atomic E-state index is 0.257. The maximum absolute atomic E-state index is 15.2. The summed E-state index contributed by atoms with van der Waals surface area (Å²) in [6, 6.07) is 14.8. The minimum Gasteiger partial charge on any atom is -0.302 e. The van der Waals surface area contributed by atoms with Crippen molar-refractivity contribution in [3.05, 3.63) is 71.2 Å². The van der Waals surface area contributed by atoms with Gasteiger partial charge in [0.15, 0.2) is 5.82 Å². The number of aryl methyl sites for hydroxylation is 2. The summed E-state index contributed by atoms with van der Waals surface area (Å²) in [4.78, 5) is 1.83. The number of nitrogens with zero attached hydrogens (tertiary/aromatic N) is 4. The normalized spacial score (nSPS) is 19.5. The Morgan fingerprint density at radius 1 is 1.03 bits per heavy atom. The van der Waals surface area contributed by atoms with Crippen LogP contribution in [0.4, 0.5) is 8.78 Å². The van der Waals surface area contributed by atoms with Crippen LogP contribution in [0, 0.1) is 13.8 Å². The number of hydrogen-bond acceptors (Lipinski definition) is 2. The topological polar surface area (TPSA) is 26.0 Å². The van der Waals surface area contributed by atoms with Crippen LogP contribution in [0.25, 0.3) is 5.82 Å². The fourth-order valence-electron chi connectivity index (χ4n) is 4.38. The maximum atomic E-state index is 15.2. The molecule has 0 N–H and O–H groups in total. The average Bonchev–Trinajstić information content (AvgIpc) is 3.30. The van der Waals surface area contributed by atoms with Crippen LogP contribution in [0.1, 0.15) is 49.5 Å². The number of benzene rings is 1. The van der Waals surface area contributed by atoms with Crippen molar-refractivity contribution in [2.45, 2.75) is 58.5 Å². The number of alkyl halides is 2. The summed E-state index contributed by atoms with van der Waals surface area (Å²) in [7, 11) is 0. The predicted molar refractivity (Wildman–Crippen MR) is 115 cm³/mol. The van der Waals surface area contributed by atoms with Gasteiger partial charge in [-0.25, -0.2) is 8.78 Å². The molecule has 0 saturated carbocycles. The SMILES string of the molecule is Cc1ccc(C)n1-c1cc(C(C)(C)C)n(C2CN(Cc3ccccc3)CC2(F)F)n1. The van der Waals surface area contributed by atoms with Crippen molar-refractivity contribution in [1.29, 1.82) is 0 Å². The molecule has 1 unspecified atom stereocenters. The first-order valence-corrected chi connectivity index (χ1v) is 10.5. The van der Waals surface area contributed by atoms with Crippen LogP contribution in [-0.2, 0) is 12.0 Å². The summed E-state index contributed by atoms with van der Waals surface area (Å²) in [6.45, 7) is 10.7. The molecule has 4 rings (SSSR count). The monoisotopic (exact) mass is 412 g/mol.